The van der Waals surface area contributed by atoms with Gasteiger partial charge in [0.15, 0.2) is 0 Å². The van der Waals surface area contributed by atoms with Gasteiger partial charge in [-0.1, -0.05) is 6.08 Å². The van der Waals surface area contributed by atoms with Crippen LogP contribution < -0.4 is 0 Å². The Morgan fingerprint density at radius 2 is 2.18 bits per heavy atom. The second-order valence-corrected chi connectivity index (χ2v) is 5.56. The first-order valence-corrected chi connectivity index (χ1v) is 5.74. The number of rotatable bonds is 2. The molecule has 3 nitrogen and oxygen atoms in total. The molecule has 11 heavy (non-hydrogen) atoms. The molecule has 0 aromatic rings. The van der Waals surface area contributed by atoms with Crippen molar-refractivity contribution < 1.29 is 8.42 Å². The lowest BCUT2D eigenvalue weighted by atomic mass is 10.1. The van der Waals surface area contributed by atoms with Crippen LogP contribution in [0.15, 0.2) is 11.6 Å². The van der Waals surface area contributed by atoms with E-state index < -0.39 is 9.05 Å². The van der Waals surface area contributed by atoms with E-state index in [0.29, 0.717) is 0 Å². The Balaban J connectivity index is 2.39. The van der Waals surface area contributed by atoms with Crippen molar-refractivity contribution in [1.82, 2.24) is 4.90 Å². The van der Waals surface area contributed by atoms with Crippen LogP contribution in [0, 0.1) is 0 Å². The number of hydrogen-bond acceptors (Lipinski definition) is 3. The SMILES string of the molecule is CN1CC(=CCS(=O)(=O)Cl)C1. The number of nitrogens with zero attached hydrogens (tertiary/aromatic N) is 1. The molecule has 1 fully saturated rings. The highest BCUT2D eigenvalue weighted by Crippen LogP contribution is 2.11. The van der Waals surface area contributed by atoms with Crippen molar-refractivity contribution in [3.8, 4) is 0 Å². The summed E-state index contributed by atoms with van der Waals surface area (Å²) in [4.78, 5) is 2.09. The van der Waals surface area contributed by atoms with Crippen LogP contribution in [0.2, 0.25) is 0 Å². The maximum Gasteiger partial charge on any atom is 0.236 e. The van der Waals surface area contributed by atoms with Crippen molar-refractivity contribution in [1.29, 1.82) is 0 Å². The second-order valence-electron chi connectivity index (χ2n) is 2.74. The molecule has 0 atom stereocenters. The fourth-order valence-electron chi connectivity index (χ4n) is 0.994. The molecule has 5 heteroatoms. The Hall–Kier alpha value is -0.0600. The summed E-state index contributed by atoms with van der Waals surface area (Å²) in [5.74, 6) is -0.0439. The van der Waals surface area contributed by atoms with Crippen LogP contribution in [0.4, 0.5) is 0 Å². The smallest absolute Gasteiger partial charge is 0.236 e. The van der Waals surface area contributed by atoms with Gasteiger partial charge in [0, 0.05) is 23.8 Å². The normalized spacial score (nSPS) is 19.6. The van der Waals surface area contributed by atoms with E-state index in [2.05, 4.69) is 4.90 Å². The zero-order valence-corrected chi connectivity index (χ0v) is 7.82. The van der Waals surface area contributed by atoms with Crippen LogP contribution in [-0.2, 0) is 9.05 Å². The number of likely N-dealkylation sites (N-methyl/N-ethyl adjacent to an activating group) is 1. The Morgan fingerprint density at radius 1 is 1.64 bits per heavy atom. The molecule has 0 aromatic carbocycles. The van der Waals surface area contributed by atoms with Crippen molar-refractivity contribution >= 4 is 19.7 Å². The third kappa shape index (κ3) is 3.22. The average Bonchev–Trinajstić information content (AvgIpc) is 1.75. The first kappa shape index (κ1) is 9.03. The summed E-state index contributed by atoms with van der Waals surface area (Å²) in [6, 6.07) is 0. The zero-order chi connectivity index (χ0) is 8.48. The summed E-state index contributed by atoms with van der Waals surface area (Å²) < 4.78 is 20.9. The zero-order valence-electron chi connectivity index (χ0n) is 6.25. The predicted octanol–water partition coefficient (Wildman–Crippen LogP) is 0.427. The predicted molar refractivity (Wildman–Crippen MR) is 45.2 cm³/mol. The van der Waals surface area contributed by atoms with Gasteiger partial charge in [-0.2, -0.15) is 0 Å². The van der Waals surface area contributed by atoms with E-state index in [1.165, 1.54) is 0 Å². The van der Waals surface area contributed by atoms with Crippen LogP contribution in [0.25, 0.3) is 0 Å². The molecule has 0 N–H and O–H groups in total. The molecule has 1 heterocycles. The minimum atomic E-state index is -3.34. The van der Waals surface area contributed by atoms with Gasteiger partial charge in [0.1, 0.15) is 0 Å². The van der Waals surface area contributed by atoms with Crippen LogP contribution in [0.5, 0.6) is 0 Å². The van der Waals surface area contributed by atoms with Crippen LogP contribution in [-0.4, -0.2) is 39.2 Å². The standard InChI is InChI=1S/C6H10ClNO2S/c1-8-4-6(5-8)2-3-11(7,9)10/h2H,3-5H2,1H3. The molecule has 1 rings (SSSR count). The molecule has 0 saturated carbocycles. The maximum atomic E-state index is 10.5. The lowest BCUT2D eigenvalue weighted by Gasteiger charge is -2.29. The number of halogens is 1. The molecule has 64 valence electrons. The van der Waals surface area contributed by atoms with Gasteiger partial charge in [-0.05, 0) is 12.6 Å². The molecule has 0 spiro atoms. The first-order chi connectivity index (χ1) is 4.97. The monoisotopic (exact) mass is 195 g/mol. The van der Waals surface area contributed by atoms with Gasteiger partial charge in [0.2, 0.25) is 9.05 Å². The van der Waals surface area contributed by atoms with Gasteiger partial charge in [0.05, 0.1) is 5.75 Å². The Morgan fingerprint density at radius 3 is 2.55 bits per heavy atom. The van der Waals surface area contributed by atoms with E-state index in [1.54, 1.807) is 6.08 Å². The van der Waals surface area contributed by atoms with Crippen molar-refractivity contribution in [3.63, 3.8) is 0 Å². The van der Waals surface area contributed by atoms with Gasteiger partial charge in [-0.25, -0.2) is 8.42 Å². The molecule has 0 aromatic heterocycles. The maximum absolute atomic E-state index is 10.5. The molecule has 0 amide bonds. The minimum Gasteiger partial charge on any atom is -0.298 e. The van der Waals surface area contributed by atoms with E-state index in [9.17, 15) is 8.42 Å². The summed E-state index contributed by atoms with van der Waals surface area (Å²) >= 11 is 0. The number of hydrogen-bond donors (Lipinski definition) is 0. The fraction of sp³-hybridized carbons (Fsp3) is 0.667. The van der Waals surface area contributed by atoms with Crippen molar-refractivity contribution in [2.75, 3.05) is 25.9 Å². The summed E-state index contributed by atoms with van der Waals surface area (Å²) in [5, 5.41) is 0. The molecule has 0 radical (unpaired) electrons. The Kier molecular flexibility index (Phi) is 2.57. The third-order valence-corrected chi connectivity index (χ3v) is 2.46. The van der Waals surface area contributed by atoms with E-state index in [1.807, 2.05) is 7.05 Å². The highest BCUT2D eigenvalue weighted by atomic mass is 35.7. The van der Waals surface area contributed by atoms with Gasteiger partial charge in [-0.15, -0.1) is 0 Å². The fourth-order valence-corrected chi connectivity index (χ4v) is 1.62. The first-order valence-electron chi connectivity index (χ1n) is 3.26. The van der Waals surface area contributed by atoms with Gasteiger partial charge in [-0.3, -0.25) is 4.90 Å². The molecular formula is C6H10ClNO2S. The molecule has 0 aliphatic carbocycles. The van der Waals surface area contributed by atoms with E-state index in [0.717, 1.165) is 18.7 Å². The van der Waals surface area contributed by atoms with E-state index in [-0.39, 0.29) is 5.75 Å². The van der Waals surface area contributed by atoms with Crippen molar-refractivity contribution in [2.45, 2.75) is 0 Å². The topological polar surface area (TPSA) is 37.4 Å². The summed E-state index contributed by atoms with van der Waals surface area (Å²) in [7, 11) is 3.65. The van der Waals surface area contributed by atoms with Crippen LogP contribution in [0.3, 0.4) is 0 Å². The summed E-state index contributed by atoms with van der Waals surface area (Å²) in [5.41, 5.74) is 1.15. The summed E-state index contributed by atoms with van der Waals surface area (Å²) in [6.45, 7) is 1.73. The van der Waals surface area contributed by atoms with E-state index in [4.69, 9.17) is 10.7 Å². The van der Waals surface area contributed by atoms with Gasteiger partial charge < -0.3 is 0 Å². The Labute approximate surface area is 71.1 Å². The highest BCUT2D eigenvalue weighted by molar-refractivity contribution is 8.13. The molecule has 1 aliphatic heterocycles. The average molecular weight is 196 g/mol. The number of likely N-dealkylation sites (tertiary alicyclic amines) is 1. The van der Waals surface area contributed by atoms with Crippen LogP contribution in [0.1, 0.15) is 0 Å². The molecule has 1 aliphatic rings. The van der Waals surface area contributed by atoms with Crippen molar-refractivity contribution in [2.24, 2.45) is 0 Å². The molecule has 0 bridgehead atoms. The minimum absolute atomic E-state index is 0.0439. The third-order valence-electron chi connectivity index (χ3n) is 1.52. The molecule has 1 saturated heterocycles. The van der Waals surface area contributed by atoms with Crippen molar-refractivity contribution in [3.05, 3.63) is 11.6 Å². The molecule has 0 unspecified atom stereocenters. The summed E-state index contributed by atoms with van der Waals surface area (Å²) in [6.07, 6.45) is 1.68. The second kappa shape index (κ2) is 3.13. The largest absolute Gasteiger partial charge is 0.298 e. The lowest BCUT2D eigenvalue weighted by molar-refractivity contribution is 0.309. The Bertz CT molecular complexity index is 262. The van der Waals surface area contributed by atoms with Gasteiger partial charge in [0.25, 0.3) is 0 Å². The highest BCUT2D eigenvalue weighted by Gasteiger charge is 2.15. The van der Waals surface area contributed by atoms with Gasteiger partial charge >= 0.3 is 0 Å². The lowest BCUT2D eigenvalue weighted by Crippen LogP contribution is -2.36. The quantitative estimate of drug-likeness (QED) is 0.474. The van der Waals surface area contributed by atoms with Crippen LogP contribution >= 0.6 is 10.7 Å². The molecular weight excluding hydrogens is 186 g/mol. The van der Waals surface area contributed by atoms with E-state index >= 15 is 0 Å².